The minimum Gasteiger partial charge on any atom is -0.495 e. The number of halogens is 1. The molecule has 0 aliphatic carbocycles. The number of carbonyl (C=O) groups excluding carboxylic acids is 2. The second-order valence-electron chi connectivity index (χ2n) is 9.89. The molecule has 3 aromatic rings. The van der Waals surface area contributed by atoms with Gasteiger partial charge in [0.2, 0.25) is 11.8 Å². The van der Waals surface area contributed by atoms with Crippen molar-refractivity contribution in [3.05, 3.63) is 88.9 Å². The van der Waals surface area contributed by atoms with Gasteiger partial charge in [0.1, 0.15) is 18.3 Å². The molecule has 0 aromatic heterocycles. The number of amides is 2. The molecule has 0 saturated carbocycles. The molecular formula is C31H38ClN3O5S. The van der Waals surface area contributed by atoms with Crippen molar-refractivity contribution in [2.75, 3.05) is 18.0 Å². The van der Waals surface area contributed by atoms with Crippen LogP contribution in [0.4, 0.5) is 5.69 Å². The third-order valence-corrected chi connectivity index (χ3v) is 8.89. The summed E-state index contributed by atoms with van der Waals surface area (Å²) >= 11 is 6.29. The maximum atomic E-state index is 14.2. The van der Waals surface area contributed by atoms with E-state index in [-0.39, 0.29) is 39.8 Å². The maximum absolute atomic E-state index is 14.2. The molecule has 2 atom stereocenters. The molecular weight excluding hydrogens is 562 g/mol. The van der Waals surface area contributed by atoms with Gasteiger partial charge in [0.15, 0.2) is 0 Å². The van der Waals surface area contributed by atoms with E-state index in [2.05, 4.69) is 5.32 Å². The first-order valence-corrected chi connectivity index (χ1v) is 15.4. The molecule has 0 aliphatic heterocycles. The summed E-state index contributed by atoms with van der Waals surface area (Å²) in [7, 11) is -2.83. The average molecular weight is 600 g/mol. The third-order valence-electron chi connectivity index (χ3n) is 6.88. The van der Waals surface area contributed by atoms with E-state index in [1.807, 2.05) is 58.0 Å². The largest absolute Gasteiger partial charge is 0.495 e. The number of methoxy groups -OCH3 is 1. The number of ether oxygens (including phenoxy) is 1. The lowest BCUT2D eigenvalue weighted by atomic mass is 10.1. The molecule has 2 amide bonds. The Morgan fingerprint density at radius 3 is 2.22 bits per heavy atom. The molecule has 41 heavy (non-hydrogen) atoms. The van der Waals surface area contributed by atoms with Gasteiger partial charge in [-0.05, 0) is 62.6 Å². The van der Waals surface area contributed by atoms with Gasteiger partial charge in [-0.1, -0.05) is 73.5 Å². The predicted octanol–water partition coefficient (Wildman–Crippen LogP) is 5.57. The molecule has 0 radical (unpaired) electrons. The first-order chi connectivity index (χ1) is 19.5. The minimum atomic E-state index is -4.25. The van der Waals surface area contributed by atoms with Gasteiger partial charge in [0, 0.05) is 17.6 Å². The molecule has 8 nitrogen and oxygen atoms in total. The summed E-state index contributed by atoms with van der Waals surface area (Å²) in [4.78, 5) is 29.0. The van der Waals surface area contributed by atoms with Gasteiger partial charge in [-0.25, -0.2) is 8.42 Å². The standard InChI is InChI=1S/C31H38ClN3O5S/c1-6-23(4)33-31(37)27(7-2)34(20-24-11-9-8-10-12-24)30(36)21-35(28-19-25(32)15-18-29(28)40-5)41(38,39)26-16-13-22(3)14-17-26/h8-19,23,27H,6-7,20-21H2,1-5H3,(H,33,37)/t23-,27+/m0/s1. The fourth-order valence-electron chi connectivity index (χ4n) is 4.35. The molecule has 0 saturated heterocycles. The van der Waals surface area contributed by atoms with Gasteiger partial charge in [0.25, 0.3) is 10.0 Å². The summed E-state index contributed by atoms with van der Waals surface area (Å²) < 4.78 is 34.6. The van der Waals surface area contributed by atoms with E-state index >= 15 is 0 Å². The number of benzene rings is 3. The number of anilines is 1. The fraction of sp³-hybridized carbons (Fsp3) is 0.355. The van der Waals surface area contributed by atoms with E-state index in [1.165, 1.54) is 30.2 Å². The van der Waals surface area contributed by atoms with Crippen molar-refractivity contribution in [2.24, 2.45) is 0 Å². The number of aryl methyl sites for hydroxylation is 1. The molecule has 0 bridgehead atoms. The van der Waals surface area contributed by atoms with Crippen LogP contribution >= 0.6 is 11.6 Å². The topological polar surface area (TPSA) is 96.0 Å². The SMILES string of the molecule is CC[C@H](C(=O)N[C@@H](C)CC)N(Cc1ccccc1)C(=O)CN(c1cc(Cl)ccc1OC)S(=O)(=O)c1ccc(C)cc1. The lowest BCUT2D eigenvalue weighted by Gasteiger charge is -2.34. The highest BCUT2D eigenvalue weighted by Crippen LogP contribution is 2.35. The van der Waals surface area contributed by atoms with E-state index in [1.54, 1.807) is 24.3 Å². The van der Waals surface area contributed by atoms with E-state index in [4.69, 9.17) is 16.3 Å². The Bertz CT molecular complexity index is 1430. The zero-order valence-electron chi connectivity index (χ0n) is 24.1. The first-order valence-electron chi connectivity index (χ1n) is 13.6. The lowest BCUT2D eigenvalue weighted by molar-refractivity contribution is -0.140. The van der Waals surface area contributed by atoms with Crippen molar-refractivity contribution in [3.63, 3.8) is 0 Å². The third kappa shape index (κ3) is 8.01. The molecule has 0 aliphatic rings. The molecule has 10 heteroatoms. The molecule has 3 aromatic carbocycles. The monoisotopic (exact) mass is 599 g/mol. The number of carbonyl (C=O) groups is 2. The lowest BCUT2D eigenvalue weighted by Crippen LogP contribution is -2.53. The highest BCUT2D eigenvalue weighted by Gasteiger charge is 2.35. The second-order valence-corrected chi connectivity index (χ2v) is 12.2. The van der Waals surface area contributed by atoms with E-state index < -0.39 is 28.5 Å². The molecule has 3 rings (SSSR count). The summed E-state index contributed by atoms with van der Waals surface area (Å²) in [5, 5.41) is 3.25. The van der Waals surface area contributed by atoms with Crippen LogP contribution in [0.5, 0.6) is 5.75 Å². The normalized spacial score (nSPS) is 12.7. The summed E-state index contributed by atoms with van der Waals surface area (Å²) in [6.45, 7) is 7.09. The number of rotatable bonds is 13. The van der Waals surface area contributed by atoms with E-state index in [9.17, 15) is 18.0 Å². The zero-order valence-corrected chi connectivity index (χ0v) is 25.7. The second kappa shape index (κ2) is 14.4. The number of sulfonamides is 1. The van der Waals surface area contributed by atoms with Crippen molar-refractivity contribution >= 4 is 39.1 Å². The van der Waals surface area contributed by atoms with Crippen LogP contribution in [0.2, 0.25) is 5.02 Å². The van der Waals surface area contributed by atoms with Crippen molar-refractivity contribution in [1.29, 1.82) is 0 Å². The summed E-state index contributed by atoms with van der Waals surface area (Å²) in [6.07, 6.45) is 1.07. The van der Waals surface area contributed by atoms with Gasteiger partial charge in [-0.15, -0.1) is 0 Å². The van der Waals surface area contributed by atoms with Crippen LogP contribution < -0.4 is 14.4 Å². The molecule has 0 unspecified atom stereocenters. The van der Waals surface area contributed by atoms with Gasteiger partial charge >= 0.3 is 0 Å². The van der Waals surface area contributed by atoms with Crippen molar-refractivity contribution in [1.82, 2.24) is 10.2 Å². The van der Waals surface area contributed by atoms with Crippen LogP contribution in [-0.4, -0.2) is 50.9 Å². The Hall–Kier alpha value is -3.56. The average Bonchev–Trinajstić information content (AvgIpc) is 2.96. The molecule has 0 fully saturated rings. The highest BCUT2D eigenvalue weighted by atomic mass is 35.5. The minimum absolute atomic E-state index is 0.00842. The van der Waals surface area contributed by atoms with Crippen LogP contribution in [0, 0.1) is 6.92 Å². The van der Waals surface area contributed by atoms with Gasteiger partial charge < -0.3 is 15.0 Å². The summed E-state index contributed by atoms with van der Waals surface area (Å²) in [6, 6.07) is 19.3. The Balaban J connectivity index is 2.11. The molecule has 1 N–H and O–H groups in total. The van der Waals surface area contributed by atoms with Crippen LogP contribution in [0.15, 0.2) is 77.7 Å². The van der Waals surface area contributed by atoms with Crippen LogP contribution in [0.3, 0.4) is 0 Å². The Morgan fingerprint density at radius 1 is 0.976 bits per heavy atom. The number of hydrogen-bond donors (Lipinski definition) is 1. The van der Waals surface area contributed by atoms with E-state index in [0.717, 1.165) is 21.9 Å². The number of hydrogen-bond acceptors (Lipinski definition) is 5. The number of nitrogens with zero attached hydrogens (tertiary/aromatic N) is 2. The van der Waals surface area contributed by atoms with Gasteiger partial charge in [-0.2, -0.15) is 0 Å². The Kier molecular flexibility index (Phi) is 11.2. The van der Waals surface area contributed by atoms with Crippen LogP contribution in [-0.2, 0) is 26.2 Å². The zero-order chi connectivity index (χ0) is 30.2. The summed E-state index contributed by atoms with van der Waals surface area (Å²) in [5.41, 5.74) is 1.81. The van der Waals surface area contributed by atoms with Gasteiger partial charge in [0.05, 0.1) is 17.7 Å². The smallest absolute Gasteiger partial charge is 0.264 e. The van der Waals surface area contributed by atoms with Crippen LogP contribution in [0.1, 0.15) is 44.7 Å². The highest BCUT2D eigenvalue weighted by molar-refractivity contribution is 7.92. The molecule has 0 spiro atoms. The first kappa shape index (κ1) is 32.0. The van der Waals surface area contributed by atoms with E-state index in [0.29, 0.717) is 6.42 Å². The fourth-order valence-corrected chi connectivity index (χ4v) is 5.93. The Morgan fingerprint density at radius 2 is 1.63 bits per heavy atom. The number of nitrogens with one attached hydrogen (secondary N) is 1. The Labute approximate surface area is 248 Å². The summed E-state index contributed by atoms with van der Waals surface area (Å²) in [5.74, 6) is -0.605. The van der Waals surface area contributed by atoms with Crippen molar-refractivity contribution in [3.8, 4) is 5.75 Å². The molecule has 220 valence electrons. The van der Waals surface area contributed by atoms with Crippen molar-refractivity contribution in [2.45, 2.75) is 64.1 Å². The quantitative estimate of drug-likeness (QED) is 0.277. The predicted molar refractivity (Wildman–Crippen MR) is 163 cm³/mol. The van der Waals surface area contributed by atoms with Crippen LogP contribution in [0.25, 0.3) is 0 Å². The molecule has 0 heterocycles. The van der Waals surface area contributed by atoms with Crippen molar-refractivity contribution < 1.29 is 22.7 Å². The maximum Gasteiger partial charge on any atom is 0.264 e. The van der Waals surface area contributed by atoms with Gasteiger partial charge in [-0.3, -0.25) is 13.9 Å².